The molecule has 3 rings (SSSR count). The zero-order valence-electron chi connectivity index (χ0n) is 16.8. The van der Waals surface area contributed by atoms with Gasteiger partial charge in [-0.3, -0.25) is 10.1 Å². The van der Waals surface area contributed by atoms with Gasteiger partial charge in [0.2, 0.25) is 0 Å². The van der Waals surface area contributed by atoms with Crippen LogP contribution in [0.5, 0.6) is 11.5 Å². The van der Waals surface area contributed by atoms with Gasteiger partial charge in [-0.2, -0.15) is 0 Å². The third kappa shape index (κ3) is 6.19. The third-order valence-electron chi connectivity index (χ3n) is 5.15. The van der Waals surface area contributed by atoms with Crippen LogP contribution in [0.2, 0.25) is 0 Å². The van der Waals surface area contributed by atoms with Crippen LogP contribution < -0.4 is 14.8 Å². The van der Waals surface area contributed by atoms with Crippen LogP contribution in [0.4, 0.5) is 0 Å². The van der Waals surface area contributed by atoms with Crippen molar-refractivity contribution in [2.24, 2.45) is 0 Å². The molecule has 29 heavy (non-hydrogen) atoms. The van der Waals surface area contributed by atoms with E-state index in [1.54, 1.807) is 12.1 Å². The number of benzene rings is 2. The summed E-state index contributed by atoms with van der Waals surface area (Å²) in [5, 5.41) is 3.32. The number of thiocarbonyl (C=S) groups is 1. The monoisotopic (exact) mass is 412 g/mol. The lowest BCUT2D eigenvalue weighted by Gasteiger charge is -2.32. The molecule has 0 unspecified atom stereocenters. The summed E-state index contributed by atoms with van der Waals surface area (Å²) in [5.74, 6) is 1.06. The summed E-state index contributed by atoms with van der Waals surface area (Å²) in [4.78, 5) is 14.8. The second-order valence-corrected chi connectivity index (χ2v) is 7.55. The Morgan fingerprint density at radius 1 is 1.00 bits per heavy atom. The van der Waals surface area contributed by atoms with E-state index in [2.05, 4.69) is 5.32 Å². The molecule has 0 atom stereocenters. The Kier molecular flexibility index (Phi) is 7.87. The molecule has 1 N–H and O–H groups in total. The zero-order chi connectivity index (χ0) is 20.5. The first-order valence-electron chi connectivity index (χ1n) is 10.1. The Labute approximate surface area is 178 Å². The van der Waals surface area contributed by atoms with E-state index in [1.807, 2.05) is 54.4 Å². The number of carbonyl (C=O) groups excluding carboxylic acids is 1. The summed E-state index contributed by atoms with van der Waals surface area (Å²) in [6.07, 6.45) is 5.95. The normalized spacial score (nSPS) is 14.1. The molecular formula is C23H28N2O3S. The van der Waals surface area contributed by atoms with E-state index in [1.165, 1.54) is 19.3 Å². The number of carbonyl (C=O) groups is 1. The fraction of sp³-hybridized carbons (Fsp3) is 0.391. The molecule has 154 valence electrons. The van der Waals surface area contributed by atoms with Gasteiger partial charge in [0.1, 0.15) is 24.7 Å². The average Bonchev–Trinajstić information content (AvgIpc) is 2.77. The van der Waals surface area contributed by atoms with Crippen LogP contribution in [-0.4, -0.2) is 42.2 Å². The number of amides is 1. The molecule has 0 aromatic heterocycles. The lowest BCUT2D eigenvalue weighted by atomic mass is 9.95. The largest absolute Gasteiger partial charge is 0.490 e. The van der Waals surface area contributed by atoms with Gasteiger partial charge in [-0.1, -0.05) is 49.6 Å². The second-order valence-electron chi connectivity index (χ2n) is 7.17. The number of nitrogens with zero attached hydrogens (tertiary/aromatic N) is 1. The summed E-state index contributed by atoms with van der Waals surface area (Å²) < 4.78 is 11.4. The molecule has 1 aliphatic carbocycles. The first-order valence-corrected chi connectivity index (χ1v) is 10.5. The fourth-order valence-corrected chi connectivity index (χ4v) is 3.74. The van der Waals surface area contributed by atoms with Gasteiger partial charge in [-0.25, -0.2) is 0 Å². The molecule has 1 fully saturated rings. The number of ether oxygens (including phenoxy) is 2. The maximum atomic E-state index is 12.8. The molecular weight excluding hydrogens is 384 g/mol. The standard InChI is InChI=1S/C23H28N2O3S/c1-25(18-10-4-2-5-11-18)23(29)24-22(26)20-14-8-9-15-21(20)28-17-16-27-19-12-6-3-7-13-19/h3,6-9,12-15,18H,2,4-5,10-11,16-17H2,1H3,(H,24,26,29). The van der Waals surface area contributed by atoms with Crippen molar-refractivity contribution in [3.8, 4) is 11.5 Å². The maximum Gasteiger partial charge on any atom is 0.261 e. The van der Waals surface area contributed by atoms with Crippen molar-refractivity contribution in [2.45, 2.75) is 38.1 Å². The Morgan fingerprint density at radius 2 is 1.66 bits per heavy atom. The first kappa shape index (κ1) is 21.1. The van der Waals surface area contributed by atoms with Gasteiger partial charge < -0.3 is 14.4 Å². The van der Waals surface area contributed by atoms with Gasteiger partial charge in [0.25, 0.3) is 5.91 Å². The average molecular weight is 413 g/mol. The molecule has 1 aliphatic rings. The number of nitrogens with one attached hydrogen (secondary N) is 1. The lowest BCUT2D eigenvalue weighted by molar-refractivity contribution is 0.0966. The Hall–Kier alpha value is -2.60. The van der Waals surface area contributed by atoms with Crippen LogP contribution in [0, 0.1) is 0 Å². The van der Waals surface area contributed by atoms with Gasteiger partial charge in [0.05, 0.1) is 5.56 Å². The van der Waals surface area contributed by atoms with E-state index in [-0.39, 0.29) is 5.91 Å². The number of hydrogen-bond donors (Lipinski definition) is 1. The van der Waals surface area contributed by atoms with Crippen molar-refractivity contribution < 1.29 is 14.3 Å². The van der Waals surface area contributed by atoms with Crippen LogP contribution in [0.3, 0.4) is 0 Å². The van der Waals surface area contributed by atoms with Crippen LogP contribution in [0.1, 0.15) is 42.5 Å². The minimum absolute atomic E-state index is 0.253. The van der Waals surface area contributed by atoms with Crippen molar-refractivity contribution in [2.75, 3.05) is 20.3 Å². The predicted octanol–water partition coefficient (Wildman–Crippen LogP) is 4.42. The summed E-state index contributed by atoms with van der Waals surface area (Å²) in [7, 11) is 1.96. The molecule has 0 heterocycles. The highest BCUT2D eigenvalue weighted by Gasteiger charge is 2.22. The minimum Gasteiger partial charge on any atom is -0.490 e. The number of para-hydroxylation sites is 2. The van der Waals surface area contributed by atoms with Crippen molar-refractivity contribution >= 4 is 23.2 Å². The Bertz CT molecular complexity index is 807. The van der Waals surface area contributed by atoms with Crippen molar-refractivity contribution in [3.05, 3.63) is 60.2 Å². The second kappa shape index (κ2) is 10.8. The van der Waals surface area contributed by atoms with E-state index in [9.17, 15) is 4.79 Å². The Balaban J connectivity index is 1.53. The van der Waals surface area contributed by atoms with E-state index in [0.717, 1.165) is 18.6 Å². The lowest BCUT2D eigenvalue weighted by Crippen LogP contribution is -2.46. The molecule has 2 aromatic rings. The van der Waals surface area contributed by atoms with Gasteiger partial charge >= 0.3 is 0 Å². The van der Waals surface area contributed by atoms with Crippen molar-refractivity contribution in [1.82, 2.24) is 10.2 Å². The minimum atomic E-state index is -0.253. The van der Waals surface area contributed by atoms with Crippen LogP contribution >= 0.6 is 12.2 Å². The molecule has 0 spiro atoms. The highest BCUT2D eigenvalue weighted by Crippen LogP contribution is 2.22. The summed E-state index contributed by atoms with van der Waals surface area (Å²) in [5.41, 5.74) is 0.464. The molecule has 0 saturated heterocycles. The van der Waals surface area contributed by atoms with Crippen molar-refractivity contribution in [3.63, 3.8) is 0 Å². The number of rotatable bonds is 7. The zero-order valence-corrected chi connectivity index (χ0v) is 17.6. The topological polar surface area (TPSA) is 50.8 Å². The molecule has 0 radical (unpaired) electrons. The molecule has 0 bridgehead atoms. The van der Waals surface area contributed by atoms with E-state index >= 15 is 0 Å². The maximum absolute atomic E-state index is 12.8. The summed E-state index contributed by atoms with van der Waals surface area (Å²) >= 11 is 5.47. The number of hydrogen-bond acceptors (Lipinski definition) is 4. The highest BCUT2D eigenvalue weighted by molar-refractivity contribution is 7.80. The van der Waals surface area contributed by atoms with Gasteiger partial charge in [0, 0.05) is 13.1 Å². The molecule has 1 amide bonds. The molecule has 2 aromatic carbocycles. The Morgan fingerprint density at radius 3 is 2.41 bits per heavy atom. The van der Waals surface area contributed by atoms with E-state index in [4.69, 9.17) is 21.7 Å². The first-order chi connectivity index (χ1) is 14.1. The fourth-order valence-electron chi connectivity index (χ4n) is 3.49. The predicted molar refractivity (Wildman–Crippen MR) is 119 cm³/mol. The van der Waals surface area contributed by atoms with Gasteiger partial charge in [-0.15, -0.1) is 0 Å². The van der Waals surface area contributed by atoms with Gasteiger partial charge in [0.15, 0.2) is 5.11 Å². The quantitative estimate of drug-likeness (QED) is 0.539. The molecule has 5 nitrogen and oxygen atoms in total. The van der Waals surface area contributed by atoms with Gasteiger partial charge in [-0.05, 0) is 49.3 Å². The SMILES string of the molecule is CN(C(=S)NC(=O)c1ccccc1OCCOc1ccccc1)C1CCCCC1. The van der Waals surface area contributed by atoms with Crippen LogP contribution in [0.15, 0.2) is 54.6 Å². The van der Waals surface area contributed by atoms with Crippen LogP contribution in [0.25, 0.3) is 0 Å². The molecule has 0 aliphatic heterocycles. The summed E-state index contributed by atoms with van der Waals surface area (Å²) in [6.45, 7) is 0.731. The molecule has 1 saturated carbocycles. The molecule has 6 heteroatoms. The van der Waals surface area contributed by atoms with Crippen molar-refractivity contribution in [1.29, 1.82) is 0 Å². The third-order valence-corrected chi connectivity index (χ3v) is 5.54. The smallest absolute Gasteiger partial charge is 0.261 e. The van der Waals surface area contributed by atoms with E-state index in [0.29, 0.717) is 35.7 Å². The summed E-state index contributed by atoms with van der Waals surface area (Å²) in [6, 6.07) is 17.2. The van der Waals surface area contributed by atoms with Crippen LogP contribution in [-0.2, 0) is 0 Å². The van der Waals surface area contributed by atoms with E-state index < -0.39 is 0 Å². The highest BCUT2D eigenvalue weighted by atomic mass is 32.1.